The molecule has 0 N–H and O–H groups in total. The van der Waals surface area contributed by atoms with E-state index in [1.54, 1.807) is 11.1 Å². The molecule has 2 nitrogen and oxygen atoms in total. The van der Waals surface area contributed by atoms with Gasteiger partial charge >= 0.3 is 0 Å². The van der Waals surface area contributed by atoms with Crippen LogP contribution in [0.1, 0.15) is 6.42 Å². The highest BCUT2D eigenvalue weighted by atomic mass is 16.2. The van der Waals surface area contributed by atoms with Crippen LogP contribution in [0, 0.1) is 0 Å². The first-order valence-electron chi connectivity index (χ1n) is 2.50. The molecule has 1 fully saturated rings. The van der Waals surface area contributed by atoms with Crippen molar-refractivity contribution in [2.24, 2.45) is 0 Å². The summed E-state index contributed by atoms with van der Waals surface area (Å²) < 4.78 is 0. The first kappa shape index (κ1) is 5.13. The van der Waals surface area contributed by atoms with Crippen molar-refractivity contribution in [1.29, 1.82) is 0 Å². The fourth-order valence-electron chi connectivity index (χ4n) is 0.579. The first-order chi connectivity index (χ1) is 3.84. The lowest BCUT2D eigenvalue weighted by atomic mass is 10.2. The average molecular weight is 109 g/mol. The number of carbonyl (C=O) groups is 1. The third-order valence-corrected chi connectivity index (χ3v) is 1.13. The lowest BCUT2D eigenvalue weighted by Crippen LogP contribution is -2.38. The van der Waals surface area contributed by atoms with Gasteiger partial charge < -0.3 is 4.90 Å². The second-order valence-electron chi connectivity index (χ2n) is 1.67. The van der Waals surface area contributed by atoms with Gasteiger partial charge in [-0.25, -0.2) is 0 Å². The summed E-state index contributed by atoms with van der Waals surface area (Å²) in [6.45, 7) is 4.18. The first-order valence-corrected chi connectivity index (χ1v) is 2.50. The van der Waals surface area contributed by atoms with E-state index in [1.165, 1.54) is 0 Å². The highest BCUT2D eigenvalue weighted by Crippen LogP contribution is 2.06. The maximum atomic E-state index is 10.4. The molecule has 1 heterocycles. The van der Waals surface area contributed by atoms with Crippen LogP contribution in [-0.4, -0.2) is 17.4 Å². The quantitative estimate of drug-likeness (QED) is 0.355. The fraction of sp³-hybridized carbons (Fsp3) is 0.333. The van der Waals surface area contributed by atoms with Gasteiger partial charge in [0.05, 0.1) is 0 Å². The van der Waals surface area contributed by atoms with Gasteiger partial charge in [-0.1, -0.05) is 6.58 Å². The van der Waals surface area contributed by atoms with Crippen molar-refractivity contribution < 1.29 is 4.79 Å². The van der Waals surface area contributed by atoms with Crippen LogP contribution in [0.3, 0.4) is 0 Å². The Labute approximate surface area is 48.1 Å². The molecule has 1 aliphatic rings. The van der Waals surface area contributed by atoms with Gasteiger partial charge in [0, 0.05) is 19.2 Å². The topological polar surface area (TPSA) is 20.3 Å². The highest BCUT2D eigenvalue weighted by molar-refractivity contribution is 5.82. The van der Waals surface area contributed by atoms with E-state index in [-0.39, 0.29) is 5.91 Å². The molecule has 42 valence electrons. The number of hydrogen-bond donors (Lipinski definition) is 0. The molecule has 2 heteroatoms. The molecule has 8 heavy (non-hydrogen) atoms. The molecule has 1 amide bonds. The minimum Gasteiger partial charge on any atom is -0.311 e. The molecule has 0 aromatic rings. The molecule has 1 saturated heterocycles. The van der Waals surface area contributed by atoms with E-state index < -0.39 is 0 Å². The third-order valence-electron chi connectivity index (χ3n) is 1.13. The Kier molecular flexibility index (Phi) is 1.18. The predicted octanol–water partition coefficient (Wildman–Crippen LogP) is 0.517. The van der Waals surface area contributed by atoms with Crippen molar-refractivity contribution >= 4 is 5.91 Å². The van der Waals surface area contributed by atoms with Gasteiger partial charge in [0.1, 0.15) is 0 Å². The summed E-state index contributed by atoms with van der Waals surface area (Å²) in [5, 5.41) is 0. The molecule has 0 aromatic heterocycles. The normalized spacial score (nSPS) is 17.0. The summed E-state index contributed by atoms with van der Waals surface area (Å²) in [6, 6.07) is 0. The van der Waals surface area contributed by atoms with E-state index in [0.29, 0.717) is 6.42 Å². The van der Waals surface area contributed by atoms with Crippen molar-refractivity contribution in [2.75, 3.05) is 6.54 Å². The zero-order valence-electron chi connectivity index (χ0n) is 4.55. The van der Waals surface area contributed by atoms with E-state index >= 15 is 0 Å². The van der Waals surface area contributed by atoms with Crippen LogP contribution in [0.2, 0.25) is 0 Å². The number of β-lactam (4-membered cyclic amide) rings is 1. The zero-order chi connectivity index (χ0) is 5.98. The molecule has 0 unspecified atom stereocenters. The molecule has 0 saturated carbocycles. The summed E-state index contributed by atoms with van der Waals surface area (Å²) in [5.74, 6) is 0.168. The number of likely N-dealkylation sites (tertiary alicyclic amines) is 1. The van der Waals surface area contributed by atoms with Gasteiger partial charge in [0.25, 0.3) is 0 Å². The number of hydrogen-bond acceptors (Lipinski definition) is 1. The largest absolute Gasteiger partial charge is 0.311 e. The Morgan fingerprint density at radius 2 is 2.62 bits per heavy atom. The van der Waals surface area contributed by atoms with Crippen LogP contribution < -0.4 is 0 Å². The van der Waals surface area contributed by atoms with E-state index in [1.807, 2.05) is 0 Å². The lowest BCUT2D eigenvalue weighted by Gasteiger charge is -2.25. The summed E-state index contributed by atoms with van der Waals surface area (Å²) in [5.41, 5.74) is 2.53. The van der Waals surface area contributed by atoms with Gasteiger partial charge in [-0.15, -0.1) is 5.73 Å². The molecule has 0 spiro atoms. The molecular weight excluding hydrogens is 102 g/mol. The Morgan fingerprint density at radius 1 is 1.88 bits per heavy atom. The monoisotopic (exact) mass is 109 g/mol. The molecule has 0 radical (unpaired) electrons. The van der Waals surface area contributed by atoms with Gasteiger partial charge in [0.15, 0.2) is 0 Å². The molecule has 0 aromatic carbocycles. The van der Waals surface area contributed by atoms with Crippen LogP contribution in [0.15, 0.2) is 18.5 Å². The average Bonchev–Trinajstić information content (AvgIpc) is 1.79. The van der Waals surface area contributed by atoms with Crippen molar-refractivity contribution in [3.63, 3.8) is 0 Å². The maximum absolute atomic E-state index is 10.4. The smallest absolute Gasteiger partial charge is 0.228 e. The summed E-state index contributed by atoms with van der Waals surface area (Å²) in [6.07, 6.45) is 2.25. The molecule has 0 atom stereocenters. The van der Waals surface area contributed by atoms with Crippen molar-refractivity contribution in [2.45, 2.75) is 6.42 Å². The molecule has 0 bridgehead atoms. The van der Waals surface area contributed by atoms with E-state index in [9.17, 15) is 4.79 Å². The Morgan fingerprint density at radius 3 is 2.75 bits per heavy atom. The molecular formula is C6H7NO. The van der Waals surface area contributed by atoms with Gasteiger partial charge in [0.2, 0.25) is 5.91 Å². The van der Waals surface area contributed by atoms with Crippen LogP contribution >= 0.6 is 0 Å². The number of nitrogens with zero attached hydrogens (tertiary/aromatic N) is 1. The van der Waals surface area contributed by atoms with E-state index in [0.717, 1.165) is 6.54 Å². The second-order valence-corrected chi connectivity index (χ2v) is 1.67. The number of rotatable bonds is 1. The standard InChI is InChI=1S/C6H7NO/c1-2-4-7-5-3-6(7)8/h4H,1,3,5H2. The van der Waals surface area contributed by atoms with Gasteiger partial charge in [-0.3, -0.25) is 4.79 Å². The van der Waals surface area contributed by atoms with Crippen molar-refractivity contribution in [3.8, 4) is 0 Å². The lowest BCUT2D eigenvalue weighted by molar-refractivity contribution is -0.135. The summed E-state index contributed by atoms with van der Waals surface area (Å²) in [7, 11) is 0. The van der Waals surface area contributed by atoms with Crippen LogP contribution in [0.4, 0.5) is 0 Å². The molecule has 1 aliphatic heterocycles. The Hall–Kier alpha value is -1.01. The van der Waals surface area contributed by atoms with Crippen LogP contribution in [0.5, 0.6) is 0 Å². The maximum Gasteiger partial charge on any atom is 0.228 e. The predicted molar refractivity (Wildman–Crippen MR) is 30.0 cm³/mol. The van der Waals surface area contributed by atoms with Crippen molar-refractivity contribution in [3.05, 3.63) is 18.5 Å². The molecule has 1 rings (SSSR count). The van der Waals surface area contributed by atoms with E-state index in [2.05, 4.69) is 12.3 Å². The number of amides is 1. The summed E-state index contributed by atoms with van der Waals surface area (Å²) >= 11 is 0. The third kappa shape index (κ3) is 0.658. The van der Waals surface area contributed by atoms with Gasteiger partial charge in [-0.05, 0) is 0 Å². The highest BCUT2D eigenvalue weighted by Gasteiger charge is 2.20. The fourth-order valence-corrected chi connectivity index (χ4v) is 0.579. The second kappa shape index (κ2) is 1.85. The van der Waals surface area contributed by atoms with Crippen molar-refractivity contribution in [1.82, 2.24) is 4.90 Å². The Balaban J connectivity index is 2.49. The summed E-state index contributed by atoms with van der Waals surface area (Å²) in [4.78, 5) is 12.0. The van der Waals surface area contributed by atoms with Crippen LogP contribution in [-0.2, 0) is 4.79 Å². The van der Waals surface area contributed by atoms with Gasteiger partial charge in [-0.2, -0.15) is 0 Å². The van der Waals surface area contributed by atoms with E-state index in [4.69, 9.17) is 0 Å². The van der Waals surface area contributed by atoms with Crippen LogP contribution in [0.25, 0.3) is 0 Å². The minimum absolute atomic E-state index is 0.168. The minimum atomic E-state index is 0.168. The Bertz CT molecular complexity index is 154. The zero-order valence-corrected chi connectivity index (χ0v) is 4.55. The molecule has 0 aliphatic carbocycles. The SMILES string of the molecule is C=C=CN1CCC1=O. The number of carbonyl (C=O) groups excluding carboxylic acids is 1.